The molecule has 1 aromatic carbocycles. The number of hydrogen-bond donors (Lipinski definition) is 0. The Morgan fingerprint density at radius 3 is 2.71 bits per heavy atom. The summed E-state index contributed by atoms with van der Waals surface area (Å²) in [6.45, 7) is 7.98. The second kappa shape index (κ2) is 5.44. The zero-order valence-electron chi connectivity index (χ0n) is 12.6. The maximum absolute atomic E-state index is 14.2. The molecular weight excluding hydrogens is 261 g/mol. The van der Waals surface area contributed by atoms with Gasteiger partial charge < -0.3 is 0 Å². The molecule has 0 N–H and O–H groups in total. The van der Waals surface area contributed by atoms with Crippen LogP contribution in [0.2, 0.25) is 0 Å². The molecule has 0 bridgehead atoms. The molecule has 108 valence electrons. The molecule has 1 aliphatic rings. The van der Waals surface area contributed by atoms with Crippen molar-refractivity contribution in [3.8, 4) is 11.1 Å². The summed E-state index contributed by atoms with van der Waals surface area (Å²) in [7, 11) is 0. The van der Waals surface area contributed by atoms with E-state index in [2.05, 4.69) is 24.6 Å². The fraction of sp³-hybridized carbons (Fsp3) is 0.316. The molecule has 1 atom stereocenters. The highest BCUT2D eigenvalue weighted by Crippen LogP contribution is 2.45. The van der Waals surface area contributed by atoms with Gasteiger partial charge in [-0.2, -0.15) is 0 Å². The van der Waals surface area contributed by atoms with Crippen molar-refractivity contribution in [3.63, 3.8) is 0 Å². The fourth-order valence-corrected chi connectivity index (χ4v) is 2.93. The number of benzene rings is 1. The van der Waals surface area contributed by atoms with Gasteiger partial charge in [-0.15, -0.1) is 0 Å². The van der Waals surface area contributed by atoms with Gasteiger partial charge in [0.2, 0.25) is 0 Å². The van der Waals surface area contributed by atoms with E-state index in [1.54, 1.807) is 0 Å². The van der Waals surface area contributed by atoms with Crippen molar-refractivity contribution in [1.29, 1.82) is 0 Å². The maximum Gasteiger partial charge on any atom is 0.149 e. The average Bonchev–Trinajstić information content (AvgIpc) is 3.33. The van der Waals surface area contributed by atoms with E-state index in [4.69, 9.17) is 0 Å². The van der Waals surface area contributed by atoms with Gasteiger partial charge in [0.25, 0.3) is 0 Å². The molecular formula is C19H20FN. The molecule has 1 heterocycles. The van der Waals surface area contributed by atoms with Crippen LogP contribution in [0.15, 0.2) is 37.0 Å². The van der Waals surface area contributed by atoms with Crippen LogP contribution in [0.1, 0.15) is 42.5 Å². The summed E-state index contributed by atoms with van der Waals surface area (Å²) >= 11 is 0. The highest BCUT2D eigenvalue weighted by molar-refractivity contribution is 5.71. The van der Waals surface area contributed by atoms with E-state index < -0.39 is 0 Å². The van der Waals surface area contributed by atoms with Crippen LogP contribution in [0, 0.1) is 18.7 Å². The standard InChI is InChI=1S/C19H20FN/c1-4-14-5-8-16(17(10-14)13(3)15-6-7-15)18-9-12(2)21-11-19(18)20/h4-5,8-11,13,15H,1,6-7H2,2-3H3. The molecule has 2 heteroatoms. The minimum atomic E-state index is -0.254. The lowest BCUT2D eigenvalue weighted by Gasteiger charge is -2.18. The van der Waals surface area contributed by atoms with E-state index in [9.17, 15) is 4.39 Å². The Hall–Kier alpha value is -1.96. The van der Waals surface area contributed by atoms with Gasteiger partial charge in [0.15, 0.2) is 0 Å². The van der Waals surface area contributed by atoms with E-state index in [-0.39, 0.29) is 5.82 Å². The number of nitrogens with zero attached hydrogens (tertiary/aromatic N) is 1. The Labute approximate surface area is 125 Å². The van der Waals surface area contributed by atoms with Crippen molar-refractivity contribution in [3.05, 3.63) is 59.7 Å². The Morgan fingerprint density at radius 1 is 1.29 bits per heavy atom. The van der Waals surface area contributed by atoms with Crippen LogP contribution < -0.4 is 0 Å². The van der Waals surface area contributed by atoms with Crippen molar-refractivity contribution >= 4 is 6.08 Å². The monoisotopic (exact) mass is 281 g/mol. The van der Waals surface area contributed by atoms with E-state index >= 15 is 0 Å². The molecule has 1 aliphatic carbocycles. The second-order valence-electron chi connectivity index (χ2n) is 5.98. The normalized spacial score (nSPS) is 15.8. The molecule has 0 spiro atoms. The first kappa shape index (κ1) is 14.0. The smallest absolute Gasteiger partial charge is 0.149 e. The summed E-state index contributed by atoms with van der Waals surface area (Å²) in [6, 6.07) is 8.01. The molecule has 1 unspecified atom stereocenters. The molecule has 21 heavy (non-hydrogen) atoms. The molecule has 2 aromatic rings. The summed E-state index contributed by atoms with van der Waals surface area (Å²) in [5.74, 6) is 0.929. The van der Waals surface area contributed by atoms with Gasteiger partial charge in [0.05, 0.1) is 6.20 Å². The van der Waals surface area contributed by atoms with Gasteiger partial charge in [-0.05, 0) is 54.4 Å². The molecule has 0 aliphatic heterocycles. The maximum atomic E-state index is 14.2. The molecule has 0 amide bonds. The van der Waals surface area contributed by atoms with Crippen LogP contribution in [-0.4, -0.2) is 4.98 Å². The van der Waals surface area contributed by atoms with Crippen LogP contribution in [0.5, 0.6) is 0 Å². The highest BCUT2D eigenvalue weighted by atomic mass is 19.1. The highest BCUT2D eigenvalue weighted by Gasteiger charge is 2.30. The second-order valence-corrected chi connectivity index (χ2v) is 5.98. The van der Waals surface area contributed by atoms with Crippen LogP contribution in [0.4, 0.5) is 4.39 Å². The van der Waals surface area contributed by atoms with Gasteiger partial charge in [0, 0.05) is 11.3 Å². The number of halogens is 1. The first-order valence-corrected chi connectivity index (χ1v) is 7.49. The Kier molecular flexibility index (Phi) is 3.62. The van der Waals surface area contributed by atoms with E-state index in [0.29, 0.717) is 11.5 Å². The predicted octanol–water partition coefficient (Wildman–Crippen LogP) is 5.35. The van der Waals surface area contributed by atoms with Crippen molar-refractivity contribution in [2.45, 2.75) is 32.6 Å². The lowest BCUT2D eigenvalue weighted by molar-refractivity contribution is 0.622. The Morgan fingerprint density at radius 2 is 2.05 bits per heavy atom. The van der Waals surface area contributed by atoms with Gasteiger partial charge in [0.1, 0.15) is 5.82 Å². The minimum Gasteiger partial charge on any atom is -0.259 e. The van der Waals surface area contributed by atoms with Crippen molar-refractivity contribution in [1.82, 2.24) is 4.98 Å². The van der Waals surface area contributed by atoms with Gasteiger partial charge in [-0.25, -0.2) is 4.39 Å². The number of rotatable bonds is 4. The third kappa shape index (κ3) is 2.76. The SMILES string of the molecule is C=Cc1ccc(-c2cc(C)ncc2F)c(C(C)C2CC2)c1. The molecule has 1 nitrogen and oxygen atoms in total. The molecule has 1 saturated carbocycles. The Balaban J connectivity index is 2.16. The lowest BCUT2D eigenvalue weighted by atomic mass is 9.87. The van der Waals surface area contributed by atoms with Crippen LogP contribution in [0.25, 0.3) is 17.2 Å². The van der Waals surface area contributed by atoms with E-state index in [1.165, 1.54) is 24.6 Å². The lowest BCUT2D eigenvalue weighted by Crippen LogP contribution is -2.01. The van der Waals surface area contributed by atoms with Gasteiger partial charge >= 0.3 is 0 Å². The third-order valence-electron chi connectivity index (χ3n) is 4.41. The van der Waals surface area contributed by atoms with Crippen LogP contribution in [0.3, 0.4) is 0 Å². The number of aromatic nitrogens is 1. The average molecular weight is 281 g/mol. The van der Waals surface area contributed by atoms with Crippen LogP contribution >= 0.6 is 0 Å². The fourth-order valence-electron chi connectivity index (χ4n) is 2.93. The first-order valence-electron chi connectivity index (χ1n) is 7.49. The van der Waals surface area contributed by atoms with Crippen molar-refractivity contribution in [2.75, 3.05) is 0 Å². The van der Waals surface area contributed by atoms with Gasteiger partial charge in [-0.3, -0.25) is 4.98 Å². The zero-order chi connectivity index (χ0) is 15.0. The van der Waals surface area contributed by atoms with Crippen LogP contribution in [-0.2, 0) is 0 Å². The van der Waals surface area contributed by atoms with Crippen molar-refractivity contribution < 1.29 is 4.39 Å². The first-order chi connectivity index (χ1) is 10.1. The number of hydrogen-bond acceptors (Lipinski definition) is 1. The third-order valence-corrected chi connectivity index (χ3v) is 4.41. The topological polar surface area (TPSA) is 12.9 Å². The Bertz CT molecular complexity index is 686. The molecule has 1 aromatic heterocycles. The van der Waals surface area contributed by atoms with Crippen molar-refractivity contribution in [2.24, 2.45) is 5.92 Å². The summed E-state index contributed by atoms with van der Waals surface area (Å²) in [5, 5.41) is 0. The number of pyridine rings is 1. The summed E-state index contributed by atoms with van der Waals surface area (Å²) in [5.41, 5.74) is 4.79. The zero-order valence-corrected chi connectivity index (χ0v) is 12.6. The summed E-state index contributed by atoms with van der Waals surface area (Å²) < 4.78 is 14.2. The molecule has 0 radical (unpaired) electrons. The number of aryl methyl sites for hydroxylation is 1. The van der Waals surface area contributed by atoms with E-state index in [1.807, 2.05) is 31.2 Å². The quantitative estimate of drug-likeness (QED) is 0.736. The largest absolute Gasteiger partial charge is 0.259 e. The van der Waals surface area contributed by atoms with E-state index in [0.717, 1.165) is 22.7 Å². The van der Waals surface area contributed by atoms with Gasteiger partial charge in [-0.1, -0.05) is 37.8 Å². The molecule has 3 rings (SSSR count). The molecule has 1 fully saturated rings. The summed E-state index contributed by atoms with van der Waals surface area (Å²) in [6.07, 6.45) is 5.71. The summed E-state index contributed by atoms with van der Waals surface area (Å²) in [4.78, 5) is 4.03. The molecule has 0 saturated heterocycles. The minimum absolute atomic E-state index is 0.254. The predicted molar refractivity (Wildman–Crippen MR) is 85.6 cm³/mol.